The van der Waals surface area contributed by atoms with Crippen molar-refractivity contribution in [2.75, 3.05) is 22.9 Å². The van der Waals surface area contributed by atoms with E-state index in [2.05, 4.69) is 25.0 Å². The van der Waals surface area contributed by atoms with Crippen molar-refractivity contribution in [3.05, 3.63) is 41.2 Å². The molecule has 0 saturated heterocycles. The summed E-state index contributed by atoms with van der Waals surface area (Å²) in [5, 5.41) is 12.6. The van der Waals surface area contributed by atoms with Crippen molar-refractivity contribution in [2.24, 2.45) is 5.92 Å². The summed E-state index contributed by atoms with van der Waals surface area (Å²) in [5.41, 5.74) is 0.163. The summed E-state index contributed by atoms with van der Waals surface area (Å²) in [4.78, 5) is 12.4. The standard InChI is InChI=1S/C19H27F2N5O3S/c1-11(2)8-13(10-27)22-18-23-16(24-19(25-18)26-30(4,28)29)9-12(3)14-6-5-7-15(20)17(14)21/h5-7,11-13,27H,8-10H2,1-4H3,(H2,22,23,24,25,26)/t12-,13-/m1/s1. The summed E-state index contributed by atoms with van der Waals surface area (Å²) in [5.74, 6) is -2.00. The van der Waals surface area contributed by atoms with E-state index in [1.165, 1.54) is 12.1 Å². The summed E-state index contributed by atoms with van der Waals surface area (Å²) in [6.45, 7) is 5.51. The molecule has 0 radical (unpaired) electrons. The highest BCUT2D eigenvalue weighted by Gasteiger charge is 2.19. The molecule has 0 unspecified atom stereocenters. The largest absolute Gasteiger partial charge is 0.394 e. The van der Waals surface area contributed by atoms with Gasteiger partial charge in [0.25, 0.3) is 0 Å². The Labute approximate surface area is 175 Å². The van der Waals surface area contributed by atoms with Crippen molar-refractivity contribution in [1.82, 2.24) is 15.0 Å². The second-order valence-electron chi connectivity index (χ2n) is 7.67. The van der Waals surface area contributed by atoms with E-state index in [1.807, 2.05) is 13.8 Å². The summed E-state index contributed by atoms with van der Waals surface area (Å²) < 4.78 is 53.1. The molecule has 0 aliphatic heterocycles. The quantitative estimate of drug-likeness (QED) is 0.517. The van der Waals surface area contributed by atoms with Crippen LogP contribution in [-0.4, -0.2) is 47.4 Å². The monoisotopic (exact) mass is 443 g/mol. The van der Waals surface area contributed by atoms with Crippen LogP contribution in [-0.2, 0) is 16.4 Å². The molecule has 0 aliphatic carbocycles. The lowest BCUT2D eigenvalue weighted by Gasteiger charge is -2.19. The molecule has 11 heteroatoms. The Balaban J connectivity index is 2.34. The van der Waals surface area contributed by atoms with E-state index in [9.17, 15) is 22.3 Å². The molecule has 1 heterocycles. The highest BCUT2D eigenvalue weighted by Crippen LogP contribution is 2.24. The van der Waals surface area contributed by atoms with Crippen LogP contribution >= 0.6 is 0 Å². The highest BCUT2D eigenvalue weighted by molar-refractivity contribution is 7.91. The molecule has 1 aromatic heterocycles. The van der Waals surface area contributed by atoms with Gasteiger partial charge < -0.3 is 10.4 Å². The van der Waals surface area contributed by atoms with Gasteiger partial charge in [0.2, 0.25) is 21.9 Å². The molecule has 0 fully saturated rings. The van der Waals surface area contributed by atoms with Gasteiger partial charge in [0.1, 0.15) is 5.82 Å². The predicted molar refractivity (Wildman–Crippen MR) is 111 cm³/mol. The van der Waals surface area contributed by atoms with Crippen LogP contribution in [0.25, 0.3) is 0 Å². The van der Waals surface area contributed by atoms with Gasteiger partial charge in [-0.3, -0.25) is 4.72 Å². The van der Waals surface area contributed by atoms with Gasteiger partial charge in [0.05, 0.1) is 18.9 Å². The first kappa shape index (κ1) is 23.9. The maximum atomic E-state index is 14.1. The Bertz CT molecular complexity index is 973. The molecule has 3 N–H and O–H groups in total. The SMILES string of the molecule is CC(C)C[C@H](CO)Nc1nc(C[C@@H](C)c2cccc(F)c2F)nc(NS(C)(=O)=O)n1. The minimum Gasteiger partial charge on any atom is -0.394 e. The van der Waals surface area contributed by atoms with E-state index < -0.39 is 27.6 Å². The van der Waals surface area contributed by atoms with Gasteiger partial charge in [0.15, 0.2) is 11.6 Å². The van der Waals surface area contributed by atoms with Crippen LogP contribution in [0.15, 0.2) is 18.2 Å². The summed E-state index contributed by atoms with van der Waals surface area (Å²) >= 11 is 0. The van der Waals surface area contributed by atoms with Gasteiger partial charge in [-0.2, -0.15) is 15.0 Å². The number of halogens is 2. The third-order valence-corrected chi connectivity index (χ3v) is 4.82. The number of hydrogen-bond acceptors (Lipinski definition) is 7. The van der Waals surface area contributed by atoms with Crippen molar-refractivity contribution in [2.45, 2.75) is 45.6 Å². The van der Waals surface area contributed by atoms with Crippen LogP contribution in [0.5, 0.6) is 0 Å². The molecule has 2 atom stereocenters. The van der Waals surface area contributed by atoms with Gasteiger partial charge in [-0.25, -0.2) is 17.2 Å². The van der Waals surface area contributed by atoms with Crippen LogP contribution in [0.4, 0.5) is 20.7 Å². The molecule has 0 bridgehead atoms. The zero-order chi connectivity index (χ0) is 22.5. The first-order chi connectivity index (χ1) is 14.0. The van der Waals surface area contributed by atoms with Gasteiger partial charge in [0, 0.05) is 6.42 Å². The number of aromatic nitrogens is 3. The molecule has 0 saturated carbocycles. The van der Waals surface area contributed by atoms with Crippen LogP contribution in [0, 0.1) is 17.6 Å². The molecule has 0 spiro atoms. The van der Waals surface area contributed by atoms with Crippen molar-refractivity contribution in [1.29, 1.82) is 0 Å². The number of nitrogens with one attached hydrogen (secondary N) is 2. The zero-order valence-electron chi connectivity index (χ0n) is 17.4. The summed E-state index contributed by atoms with van der Waals surface area (Å²) in [7, 11) is -3.65. The van der Waals surface area contributed by atoms with E-state index in [0.717, 1.165) is 12.3 Å². The third kappa shape index (κ3) is 7.13. The lowest BCUT2D eigenvalue weighted by atomic mass is 9.97. The van der Waals surface area contributed by atoms with Crippen molar-refractivity contribution in [3.63, 3.8) is 0 Å². The summed E-state index contributed by atoms with van der Waals surface area (Å²) in [6, 6.07) is 3.58. The number of hydrogen-bond donors (Lipinski definition) is 3. The molecule has 2 rings (SSSR count). The van der Waals surface area contributed by atoms with Crippen molar-refractivity contribution >= 4 is 21.9 Å². The first-order valence-corrected chi connectivity index (χ1v) is 11.4. The average molecular weight is 444 g/mol. The number of rotatable bonds is 10. The molecular formula is C19H27F2N5O3S. The van der Waals surface area contributed by atoms with Gasteiger partial charge in [-0.05, 0) is 29.9 Å². The number of benzene rings is 1. The number of aliphatic hydroxyl groups is 1. The maximum Gasteiger partial charge on any atom is 0.241 e. The number of nitrogens with zero attached hydrogens (tertiary/aromatic N) is 3. The molecule has 1 aromatic carbocycles. The fourth-order valence-electron chi connectivity index (χ4n) is 3.00. The molecule has 30 heavy (non-hydrogen) atoms. The molecule has 0 aliphatic rings. The van der Waals surface area contributed by atoms with Gasteiger partial charge in [-0.15, -0.1) is 0 Å². The van der Waals surface area contributed by atoms with Crippen LogP contribution in [0.1, 0.15) is 44.5 Å². The first-order valence-electron chi connectivity index (χ1n) is 9.52. The van der Waals surface area contributed by atoms with Gasteiger partial charge in [-0.1, -0.05) is 32.9 Å². The Morgan fingerprint density at radius 2 is 1.77 bits per heavy atom. The Morgan fingerprint density at radius 3 is 2.37 bits per heavy atom. The predicted octanol–water partition coefficient (Wildman–Crippen LogP) is 2.69. The fourth-order valence-corrected chi connectivity index (χ4v) is 3.43. The number of sulfonamides is 1. The number of anilines is 2. The molecule has 166 valence electrons. The summed E-state index contributed by atoms with van der Waals surface area (Å²) in [6.07, 6.45) is 1.71. The smallest absolute Gasteiger partial charge is 0.241 e. The zero-order valence-corrected chi connectivity index (χ0v) is 18.2. The van der Waals surface area contributed by atoms with Crippen molar-refractivity contribution in [3.8, 4) is 0 Å². The van der Waals surface area contributed by atoms with Crippen LogP contribution in [0.3, 0.4) is 0 Å². The van der Waals surface area contributed by atoms with Crippen molar-refractivity contribution < 1.29 is 22.3 Å². The van der Waals surface area contributed by atoms with Crippen LogP contribution < -0.4 is 10.0 Å². The Kier molecular flexibility index (Phi) is 8.02. The normalized spacial score (nSPS) is 13.9. The maximum absolute atomic E-state index is 14.1. The van der Waals surface area contributed by atoms with Gasteiger partial charge >= 0.3 is 0 Å². The Morgan fingerprint density at radius 1 is 1.10 bits per heavy atom. The number of aliphatic hydroxyl groups excluding tert-OH is 1. The lowest BCUT2D eigenvalue weighted by molar-refractivity contribution is 0.259. The lowest BCUT2D eigenvalue weighted by Crippen LogP contribution is -2.27. The minimum absolute atomic E-state index is 0.0813. The third-order valence-electron chi connectivity index (χ3n) is 4.27. The topological polar surface area (TPSA) is 117 Å². The van der Waals surface area contributed by atoms with E-state index in [-0.39, 0.29) is 42.4 Å². The van der Waals surface area contributed by atoms with E-state index in [1.54, 1.807) is 6.92 Å². The van der Waals surface area contributed by atoms with Crippen LogP contribution in [0.2, 0.25) is 0 Å². The molecule has 8 nitrogen and oxygen atoms in total. The highest BCUT2D eigenvalue weighted by atomic mass is 32.2. The molecule has 2 aromatic rings. The fraction of sp³-hybridized carbons (Fsp3) is 0.526. The molecule has 0 amide bonds. The minimum atomic E-state index is -3.65. The molecular weight excluding hydrogens is 416 g/mol. The van der Waals surface area contributed by atoms with E-state index >= 15 is 0 Å². The Hall–Kier alpha value is -2.40. The second-order valence-corrected chi connectivity index (χ2v) is 9.42. The second kappa shape index (κ2) is 10.1. The van der Waals surface area contributed by atoms with E-state index in [4.69, 9.17) is 0 Å². The average Bonchev–Trinajstić information content (AvgIpc) is 2.61. The van der Waals surface area contributed by atoms with E-state index in [0.29, 0.717) is 12.3 Å².